The molecule has 136 valence electrons. The van der Waals surface area contributed by atoms with E-state index in [0.29, 0.717) is 5.33 Å². The normalized spacial score (nSPS) is 51.7. The van der Waals surface area contributed by atoms with Gasteiger partial charge in [0.1, 0.15) is 30.5 Å². The average molecular weight is 401 g/mol. The molecule has 2 fully saturated rings. The van der Waals surface area contributed by atoms with Crippen LogP contribution in [-0.4, -0.2) is 86.7 Å². The van der Waals surface area contributed by atoms with E-state index in [1.807, 2.05) is 13.8 Å². The maximum Gasteiger partial charge on any atom is 0.189 e. The van der Waals surface area contributed by atoms with Crippen LogP contribution in [0.1, 0.15) is 13.8 Å². The summed E-state index contributed by atoms with van der Waals surface area (Å²) in [6, 6.07) is 0. The van der Waals surface area contributed by atoms with Crippen molar-refractivity contribution >= 4 is 15.9 Å². The maximum absolute atomic E-state index is 10.3. The van der Waals surface area contributed by atoms with Crippen LogP contribution < -0.4 is 0 Å². The van der Waals surface area contributed by atoms with Crippen molar-refractivity contribution in [2.45, 2.75) is 63.1 Å². The summed E-state index contributed by atoms with van der Waals surface area (Å²) >= 11 is 3.35. The summed E-state index contributed by atoms with van der Waals surface area (Å²) in [7, 11) is 0. The van der Waals surface area contributed by atoms with Gasteiger partial charge in [0.15, 0.2) is 12.6 Å². The van der Waals surface area contributed by atoms with Crippen molar-refractivity contribution in [3.05, 3.63) is 0 Å². The number of rotatable bonds is 4. The van der Waals surface area contributed by atoms with Crippen molar-refractivity contribution in [3.63, 3.8) is 0 Å². The number of hydrogen-bond acceptors (Lipinski definition) is 8. The van der Waals surface area contributed by atoms with Gasteiger partial charge in [-0.05, 0) is 11.8 Å². The van der Waals surface area contributed by atoms with Crippen molar-refractivity contribution in [2.24, 2.45) is 11.8 Å². The topological polar surface area (TPSA) is 129 Å². The summed E-state index contributed by atoms with van der Waals surface area (Å²) in [6.07, 6.45) is -9.10. The Morgan fingerprint density at radius 1 is 0.826 bits per heavy atom. The lowest BCUT2D eigenvalue weighted by Crippen LogP contribution is -2.61. The molecule has 2 saturated heterocycles. The van der Waals surface area contributed by atoms with Gasteiger partial charge >= 0.3 is 0 Å². The summed E-state index contributed by atoms with van der Waals surface area (Å²) in [4.78, 5) is 0. The van der Waals surface area contributed by atoms with Crippen LogP contribution in [0, 0.1) is 11.8 Å². The van der Waals surface area contributed by atoms with Crippen molar-refractivity contribution in [1.82, 2.24) is 0 Å². The van der Waals surface area contributed by atoms with E-state index in [9.17, 15) is 25.5 Å². The van der Waals surface area contributed by atoms with Gasteiger partial charge in [-0.25, -0.2) is 0 Å². The van der Waals surface area contributed by atoms with Crippen LogP contribution in [0.2, 0.25) is 0 Å². The van der Waals surface area contributed by atoms with E-state index < -0.39 is 49.7 Å². The van der Waals surface area contributed by atoms with E-state index in [1.54, 1.807) is 0 Å². The summed E-state index contributed by atoms with van der Waals surface area (Å²) in [5, 5.41) is 49.6. The zero-order chi connectivity index (χ0) is 17.3. The Morgan fingerprint density at radius 2 is 1.39 bits per heavy atom. The zero-order valence-electron chi connectivity index (χ0n) is 13.0. The Morgan fingerprint density at radius 3 is 1.96 bits per heavy atom. The lowest BCUT2D eigenvalue weighted by molar-refractivity contribution is -0.366. The van der Waals surface area contributed by atoms with Crippen LogP contribution >= 0.6 is 15.9 Å². The first-order valence-corrected chi connectivity index (χ1v) is 8.79. The molecule has 0 spiro atoms. The van der Waals surface area contributed by atoms with Gasteiger partial charge in [0.25, 0.3) is 0 Å². The number of aliphatic hydroxyl groups is 5. The van der Waals surface area contributed by atoms with Crippen LogP contribution in [0.5, 0.6) is 0 Å². The average Bonchev–Trinajstić information content (AvgIpc) is 2.55. The molecule has 0 aliphatic carbocycles. The molecule has 2 heterocycles. The van der Waals surface area contributed by atoms with Gasteiger partial charge in [-0.15, -0.1) is 0 Å². The molecule has 2 aliphatic heterocycles. The largest absolute Gasteiger partial charge is 0.394 e. The predicted molar refractivity (Wildman–Crippen MR) is 81.6 cm³/mol. The van der Waals surface area contributed by atoms with Crippen molar-refractivity contribution in [2.75, 3.05) is 11.9 Å². The van der Waals surface area contributed by atoms with Gasteiger partial charge < -0.3 is 39.7 Å². The van der Waals surface area contributed by atoms with E-state index in [2.05, 4.69) is 15.9 Å². The molecule has 5 N–H and O–H groups in total. The first-order chi connectivity index (χ1) is 10.8. The molecule has 0 amide bonds. The summed E-state index contributed by atoms with van der Waals surface area (Å²) in [6.45, 7) is 3.29. The van der Waals surface area contributed by atoms with Crippen LogP contribution in [0.15, 0.2) is 0 Å². The second kappa shape index (κ2) is 8.03. The highest BCUT2D eigenvalue weighted by Gasteiger charge is 2.48. The van der Waals surface area contributed by atoms with Crippen LogP contribution in [0.3, 0.4) is 0 Å². The SMILES string of the molecule is CC1C(CBr)OC(OC2OC(CO)C(O)C(O)C2O)C(O)C1C. The number of aliphatic hydroxyl groups excluding tert-OH is 5. The number of alkyl halides is 1. The molecular weight excluding hydrogens is 376 g/mol. The summed E-state index contributed by atoms with van der Waals surface area (Å²) in [5.41, 5.74) is 0. The molecule has 8 nitrogen and oxygen atoms in total. The third-order valence-corrected chi connectivity index (χ3v) is 5.45. The number of halogens is 1. The predicted octanol–water partition coefficient (Wildman–Crippen LogP) is -1.44. The van der Waals surface area contributed by atoms with Gasteiger partial charge in [-0.3, -0.25) is 0 Å². The van der Waals surface area contributed by atoms with Crippen LogP contribution in [0.4, 0.5) is 0 Å². The maximum atomic E-state index is 10.3. The van der Waals surface area contributed by atoms with Gasteiger partial charge in [0, 0.05) is 5.33 Å². The van der Waals surface area contributed by atoms with Crippen LogP contribution in [0.25, 0.3) is 0 Å². The Hall–Kier alpha value is 0.160. The quantitative estimate of drug-likeness (QED) is 0.362. The molecule has 10 atom stereocenters. The molecule has 0 bridgehead atoms. The minimum Gasteiger partial charge on any atom is -0.394 e. The molecular formula is C14H25BrO8. The first kappa shape index (κ1) is 19.5. The molecule has 9 heteroatoms. The third kappa shape index (κ3) is 3.88. The lowest BCUT2D eigenvalue weighted by Gasteiger charge is -2.45. The highest BCUT2D eigenvalue weighted by atomic mass is 79.9. The highest BCUT2D eigenvalue weighted by Crippen LogP contribution is 2.34. The molecule has 0 aromatic heterocycles. The standard InChI is InChI=1S/C14H25BrO8/c1-5-6(2)9(17)13(21-7(5)3-15)23-14-12(20)11(19)10(18)8(4-16)22-14/h5-14,16-20H,3-4H2,1-2H3. The minimum absolute atomic E-state index is 0.0963. The molecule has 0 aromatic carbocycles. The Kier molecular flexibility index (Phi) is 6.80. The second-order valence-electron chi connectivity index (χ2n) is 6.24. The van der Waals surface area contributed by atoms with E-state index in [-0.39, 0.29) is 17.9 Å². The fourth-order valence-corrected chi connectivity index (χ4v) is 3.62. The minimum atomic E-state index is -1.53. The van der Waals surface area contributed by atoms with Gasteiger partial charge in [0.2, 0.25) is 0 Å². The third-order valence-electron chi connectivity index (χ3n) is 4.81. The Labute approximate surface area is 143 Å². The summed E-state index contributed by atoms with van der Waals surface area (Å²) < 4.78 is 16.5. The van der Waals surface area contributed by atoms with Gasteiger partial charge in [-0.2, -0.15) is 0 Å². The number of hydrogen-bond donors (Lipinski definition) is 5. The molecule has 0 radical (unpaired) electrons. The monoisotopic (exact) mass is 400 g/mol. The van der Waals surface area contributed by atoms with Crippen molar-refractivity contribution in [1.29, 1.82) is 0 Å². The second-order valence-corrected chi connectivity index (χ2v) is 6.89. The van der Waals surface area contributed by atoms with E-state index in [4.69, 9.17) is 14.2 Å². The van der Waals surface area contributed by atoms with E-state index in [0.717, 1.165) is 0 Å². The summed E-state index contributed by atoms with van der Waals surface area (Å²) in [5.74, 6) is -0.0137. The Balaban J connectivity index is 2.07. The molecule has 0 saturated carbocycles. The molecule has 2 rings (SSSR count). The number of ether oxygens (including phenoxy) is 3. The molecule has 10 unspecified atom stereocenters. The highest BCUT2D eigenvalue weighted by molar-refractivity contribution is 9.09. The van der Waals surface area contributed by atoms with E-state index in [1.165, 1.54) is 0 Å². The zero-order valence-corrected chi connectivity index (χ0v) is 14.6. The smallest absolute Gasteiger partial charge is 0.189 e. The first-order valence-electron chi connectivity index (χ1n) is 7.67. The van der Waals surface area contributed by atoms with Crippen molar-refractivity contribution < 1.29 is 39.7 Å². The van der Waals surface area contributed by atoms with Gasteiger partial charge in [-0.1, -0.05) is 29.8 Å². The molecule has 0 aromatic rings. The van der Waals surface area contributed by atoms with Crippen LogP contribution in [-0.2, 0) is 14.2 Å². The van der Waals surface area contributed by atoms with E-state index >= 15 is 0 Å². The fraction of sp³-hybridized carbons (Fsp3) is 1.00. The Bertz CT molecular complexity index is 348. The van der Waals surface area contributed by atoms with Crippen molar-refractivity contribution in [3.8, 4) is 0 Å². The van der Waals surface area contributed by atoms with Gasteiger partial charge in [0.05, 0.1) is 12.7 Å². The lowest BCUT2D eigenvalue weighted by atomic mass is 9.84. The molecule has 2 aliphatic rings. The molecule has 23 heavy (non-hydrogen) atoms. The fourth-order valence-electron chi connectivity index (χ4n) is 2.88.